The molecule has 0 amide bonds. The number of aryl methyl sites for hydroxylation is 1. The Morgan fingerprint density at radius 1 is 0.614 bits per heavy atom. The van der Waals surface area contributed by atoms with Crippen LogP contribution in [0.2, 0.25) is 0 Å². The number of hydrogen-bond donors (Lipinski definition) is 4. The van der Waals surface area contributed by atoms with Gasteiger partial charge in [0.05, 0.1) is 23.5 Å². The summed E-state index contributed by atoms with van der Waals surface area (Å²) in [6.07, 6.45) is -9.01. The SMILES string of the molecule is CC(C)Nc1cc(COc2c(Br)cc(CC(F)C(=O)O)cc2Br)cc(C(F)(F)F)c1.Cc1cc(COc2c(Br)cc(CC(F)C(=O)O)cc2Br)cc(NC(C)C)c1. The van der Waals surface area contributed by atoms with Crippen LogP contribution in [0.3, 0.4) is 0 Å². The summed E-state index contributed by atoms with van der Waals surface area (Å²) in [5.41, 5.74) is 4.03. The number of benzene rings is 4. The fourth-order valence-electron chi connectivity index (χ4n) is 5.35. The lowest BCUT2D eigenvalue weighted by Gasteiger charge is -2.17. The maximum Gasteiger partial charge on any atom is 0.416 e. The van der Waals surface area contributed by atoms with Crippen molar-refractivity contribution >= 4 is 87.0 Å². The van der Waals surface area contributed by atoms with Crippen molar-refractivity contribution in [3.8, 4) is 11.5 Å². The van der Waals surface area contributed by atoms with E-state index in [0.717, 1.165) is 28.9 Å². The van der Waals surface area contributed by atoms with Gasteiger partial charge in [-0.1, -0.05) is 6.07 Å². The third kappa shape index (κ3) is 15.7. The summed E-state index contributed by atoms with van der Waals surface area (Å²) in [4.78, 5) is 21.4. The number of carboxylic acids is 2. The fraction of sp³-hybridized carbons (Fsp3) is 0.350. The first-order valence-electron chi connectivity index (χ1n) is 17.3. The highest BCUT2D eigenvalue weighted by atomic mass is 79.9. The van der Waals surface area contributed by atoms with Crippen LogP contribution in [-0.2, 0) is 41.8 Å². The van der Waals surface area contributed by atoms with E-state index in [9.17, 15) is 31.5 Å². The van der Waals surface area contributed by atoms with E-state index < -0.39 is 36.0 Å². The first kappa shape index (κ1) is 48.0. The van der Waals surface area contributed by atoms with Crippen LogP contribution in [0.5, 0.6) is 11.5 Å². The van der Waals surface area contributed by atoms with Gasteiger partial charge in [0.2, 0.25) is 12.3 Å². The molecule has 57 heavy (non-hydrogen) atoms. The van der Waals surface area contributed by atoms with E-state index in [0.29, 0.717) is 64.4 Å². The maximum atomic E-state index is 13.4. The fourth-order valence-corrected chi connectivity index (χ4v) is 8.37. The van der Waals surface area contributed by atoms with Gasteiger partial charge in [0.25, 0.3) is 0 Å². The second-order valence-electron chi connectivity index (χ2n) is 13.6. The summed E-state index contributed by atoms with van der Waals surface area (Å²) in [7, 11) is 0. The van der Waals surface area contributed by atoms with Crippen molar-refractivity contribution in [2.45, 2.75) is 91.3 Å². The lowest BCUT2D eigenvalue weighted by molar-refractivity contribution is -0.143. The molecule has 4 aromatic carbocycles. The largest absolute Gasteiger partial charge is 0.487 e. The maximum absolute atomic E-state index is 13.4. The topological polar surface area (TPSA) is 117 Å². The number of ether oxygens (including phenoxy) is 2. The molecule has 0 saturated carbocycles. The highest BCUT2D eigenvalue weighted by molar-refractivity contribution is 9.11. The van der Waals surface area contributed by atoms with Gasteiger partial charge in [-0.25, -0.2) is 18.4 Å². The molecule has 17 heteroatoms. The van der Waals surface area contributed by atoms with Crippen molar-refractivity contribution in [3.05, 3.63) is 112 Å². The molecule has 8 nitrogen and oxygen atoms in total. The average molecular weight is 1060 g/mol. The Bertz CT molecular complexity index is 1990. The molecule has 2 unspecified atom stereocenters. The van der Waals surface area contributed by atoms with Crippen molar-refractivity contribution < 1.29 is 51.2 Å². The summed E-state index contributed by atoms with van der Waals surface area (Å²) in [5.74, 6) is -2.13. The first-order valence-corrected chi connectivity index (χ1v) is 20.5. The zero-order chi connectivity index (χ0) is 42.8. The number of anilines is 2. The number of halogens is 9. The minimum Gasteiger partial charge on any atom is -0.487 e. The van der Waals surface area contributed by atoms with Gasteiger partial charge in [-0.2, -0.15) is 13.2 Å². The van der Waals surface area contributed by atoms with Gasteiger partial charge in [-0.15, -0.1) is 0 Å². The molecular weight excluding hydrogens is 1020 g/mol. The number of carboxylic acid groups (broad SMARTS) is 2. The molecule has 2 atom stereocenters. The van der Waals surface area contributed by atoms with Crippen LogP contribution in [0.4, 0.5) is 33.3 Å². The first-order chi connectivity index (χ1) is 26.5. The zero-order valence-electron chi connectivity index (χ0n) is 31.3. The summed E-state index contributed by atoms with van der Waals surface area (Å²) in [6.45, 7) is 10.1. The Balaban J connectivity index is 0.000000307. The predicted octanol–water partition coefficient (Wildman–Crippen LogP) is 12.5. The van der Waals surface area contributed by atoms with Crippen molar-refractivity contribution in [1.82, 2.24) is 0 Å². The van der Waals surface area contributed by atoms with E-state index in [1.165, 1.54) is 12.1 Å². The van der Waals surface area contributed by atoms with Crippen molar-refractivity contribution in [3.63, 3.8) is 0 Å². The van der Waals surface area contributed by atoms with Crippen LogP contribution < -0.4 is 20.1 Å². The van der Waals surface area contributed by atoms with Crippen molar-refractivity contribution in [1.29, 1.82) is 0 Å². The molecule has 0 heterocycles. The van der Waals surface area contributed by atoms with Gasteiger partial charge < -0.3 is 30.3 Å². The Kier molecular flexibility index (Phi) is 18.1. The molecule has 4 N–H and O–H groups in total. The normalized spacial score (nSPS) is 12.4. The van der Waals surface area contributed by atoms with E-state index in [-0.39, 0.29) is 25.5 Å². The Morgan fingerprint density at radius 3 is 1.33 bits per heavy atom. The summed E-state index contributed by atoms with van der Waals surface area (Å²) in [6, 6.07) is 16.5. The van der Waals surface area contributed by atoms with Crippen molar-refractivity contribution in [2.75, 3.05) is 10.6 Å². The zero-order valence-corrected chi connectivity index (χ0v) is 37.7. The summed E-state index contributed by atoms with van der Waals surface area (Å²) in [5, 5.41) is 23.8. The molecular formula is C40H41Br4F5N2O6. The van der Waals surface area contributed by atoms with Gasteiger partial charge in [-0.05, 0) is 181 Å². The molecule has 4 rings (SSSR count). The Labute approximate surface area is 361 Å². The highest BCUT2D eigenvalue weighted by Crippen LogP contribution is 2.38. The van der Waals surface area contributed by atoms with Crippen LogP contribution in [0.25, 0.3) is 0 Å². The number of nitrogens with one attached hydrogen (secondary N) is 2. The van der Waals surface area contributed by atoms with E-state index in [4.69, 9.17) is 19.7 Å². The lowest BCUT2D eigenvalue weighted by atomic mass is 10.1. The predicted molar refractivity (Wildman–Crippen MR) is 225 cm³/mol. The van der Waals surface area contributed by atoms with E-state index in [1.807, 2.05) is 26.8 Å². The highest BCUT2D eigenvalue weighted by Gasteiger charge is 2.31. The molecule has 0 radical (unpaired) electrons. The van der Waals surface area contributed by atoms with Crippen LogP contribution in [0, 0.1) is 6.92 Å². The molecule has 0 aromatic heterocycles. The summed E-state index contributed by atoms with van der Waals surface area (Å²) < 4.78 is 80.3. The van der Waals surface area contributed by atoms with Crippen molar-refractivity contribution in [2.24, 2.45) is 0 Å². The molecule has 310 valence electrons. The van der Waals surface area contributed by atoms with Crippen LogP contribution in [-0.4, -0.2) is 46.6 Å². The van der Waals surface area contributed by atoms with Gasteiger partial charge in [-0.3, -0.25) is 0 Å². The molecule has 0 bridgehead atoms. The molecule has 0 saturated heterocycles. The minimum absolute atomic E-state index is 0.0526. The molecule has 0 fully saturated rings. The lowest BCUT2D eigenvalue weighted by Crippen LogP contribution is -2.17. The molecule has 0 aliphatic rings. The number of carbonyl (C=O) groups is 2. The standard InChI is InChI=1S/C20H19Br2F4NO3.C20H22Br2FNO3/c1-10(2)27-14-4-12(3-13(8-14)20(24,25)26)9-30-18-15(21)5-11(6-16(18)22)7-17(23)19(28)29;1-11(2)24-15-5-12(3)4-14(6-15)10-27-19-16(21)7-13(8-17(19)22)9-18(23)20(25)26/h3-6,8,10,17,27H,7,9H2,1-2H3,(H,28,29);4-8,11,18,24H,9-10H2,1-3H3,(H,25,26). The number of aliphatic carboxylic acids is 2. The van der Waals surface area contributed by atoms with Gasteiger partial charge in [0.1, 0.15) is 24.7 Å². The quantitative estimate of drug-likeness (QED) is 0.0820. The van der Waals surface area contributed by atoms with Gasteiger partial charge >= 0.3 is 18.1 Å². The molecule has 0 aliphatic carbocycles. The Hall–Kier alpha value is -3.41. The van der Waals surface area contributed by atoms with E-state index in [1.54, 1.807) is 18.2 Å². The van der Waals surface area contributed by atoms with Crippen LogP contribution in [0.15, 0.2) is 78.6 Å². The molecule has 0 aliphatic heterocycles. The second kappa shape index (κ2) is 21.6. The van der Waals surface area contributed by atoms with Crippen LogP contribution in [0.1, 0.15) is 61.1 Å². The van der Waals surface area contributed by atoms with Gasteiger partial charge in [0.15, 0.2) is 0 Å². The minimum atomic E-state index is -4.50. The number of rotatable bonds is 16. The molecule has 4 aromatic rings. The number of hydrogen-bond acceptors (Lipinski definition) is 6. The Morgan fingerprint density at radius 2 is 0.982 bits per heavy atom. The van der Waals surface area contributed by atoms with Crippen LogP contribution >= 0.6 is 63.7 Å². The third-order valence-corrected chi connectivity index (χ3v) is 9.97. The molecule has 0 spiro atoms. The average Bonchev–Trinajstić information content (AvgIpc) is 3.06. The summed E-state index contributed by atoms with van der Waals surface area (Å²) >= 11 is 13.4. The second-order valence-corrected chi connectivity index (χ2v) is 17.0. The van der Waals surface area contributed by atoms with E-state index in [2.05, 4.69) is 100 Å². The van der Waals surface area contributed by atoms with Gasteiger partial charge in [0, 0.05) is 36.3 Å². The number of alkyl halides is 5. The third-order valence-electron chi connectivity index (χ3n) is 7.62. The van der Waals surface area contributed by atoms with E-state index >= 15 is 0 Å². The smallest absolute Gasteiger partial charge is 0.416 e. The monoisotopic (exact) mass is 1060 g/mol.